The molecule has 72 valence electrons. The Kier molecular flexibility index (Phi) is 1.90. The number of nitrogens with zero attached hydrogens (tertiary/aromatic N) is 3. The second kappa shape index (κ2) is 3.08. The van der Waals surface area contributed by atoms with Crippen molar-refractivity contribution in [3.8, 4) is 0 Å². The number of hydrogen-bond acceptors (Lipinski definition) is 4. The zero-order valence-electron chi connectivity index (χ0n) is 7.21. The summed E-state index contributed by atoms with van der Waals surface area (Å²) in [6.45, 7) is 0.365. The molecule has 0 amide bonds. The van der Waals surface area contributed by atoms with Crippen LogP contribution in [0.25, 0.3) is 5.78 Å². The van der Waals surface area contributed by atoms with E-state index >= 15 is 0 Å². The van der Waals surface area contributed by atoms with Crippen LogP contribution in [0.3, 0.4) is 0 Å². The molecule has 0 aromatic carbocycles. The first-order valence-electron chi connectivity index (χ1n) is 3.97. The normalized spacial score (nSPS) is 10.6. The standard InChI is InChI=1S/C8H8N4O2/c9-1-5-2-10-8-11-6(7(13)14)4-12(8)3-5/h2-4H,1,9H2,(H,13,14). The highest BCUT2D eigenvalue weighted by atomic mass is 16.4. The molecule has 0 bridgehead atoms. The van der Waals surface area contributed by atoms with Gasteiger partial charge in [0.2, 0.25) is 5.78 Å². The predicted molar refractivity (Wildman–Crippen MR) is 47.8 cm³/mol. The van der Waals surface area contributed by atoms with Gasteiger partial charge in [-0.05, 0) is 0 Å². The summed E-state index contributed by atoms with van der Waals surface area (Å²) in [5, 5.41) is 8.68. The van der Waals surface area contributed by atoms with Gasteiger partial charge in [0.15, 0.2) is 5.69 Å². The van der Waals surface area contributed by atoms with E-state index in [2.05, 4.69) is 9.97 Å². The monoisotopic (exact) mass is 192 g/mol. The molecular formula is C8H8N4O2. The fourth-order valence-corrected chi connectivity index (χ4v) is 1.14. The molecule has 0 spiro atoms. The minimum atomic E-state index is -1.07. The Morgan fingerprint density at radius 1 is 1.57 bits per heavy atom. The zero-order valence-corrected chi connectivity index (χ0v) is 7.21. The lowest BCUT2D eigenvalue weighted by molar-refractivity contribution is 0.0691. The lowest BCUT2D eigenvalue weighted by atomic mass is 10.3. The van der Waals surface area contributed by atoms with Gasteiger partial charge in [-0.15, -0.1) is 0 Å². The first kappa shape index (κ1) is 8.64. The number of aromatic carboxylic acids is 1. The van der Waals surface area contributed by atoms with Crippen molar-refractivity contribution in [3.05, 3.63) is 29.8 Å². The maximum Gasteiger partial charge on any atom is 0.356 e. The van der Waals surface area contributed by atoms with E-state index in [9.17, 15) is 4.79 Å². The van der Waals surface area contributed by atoms with E-state index in [-0.39, 0.29) is 5.69 Å². The minimum absolute atomic E-state index is 0.0216. The molecule has 6 heteroatoms. The molecule has 0 saturated carbocycles. The maximum absolute atomic E-state index is 10.6. The van der Waals surface area contributed by atoms with Crippen molar-refractivity contribution < 1.29 is 9.90 Å². The predicted octanol–water partition coefficient (Wildman–Crippen LogP) is -0.114. The van der Waals surface area contributed by atoms with Gasteiger partial charge in [-0.1, -0.05) is 0 Å². The third-order valence-corrected chi connectivity index (χ3v) is 1.82. The van der Waals surface area contributed by atoms with Crippen LogP contribution >= 0.6 is 0 Å². The van der Waals surface area contributed by atoms with Gasteiger partial charge in [-0.25, -0.2) is 14.8 Å². The second-order valence-electron chi connectivity index (χ2n) is 2.80. The molecule has 0 atom stereocenters. The first-order chi connectivity index (χ1) is 6.70. The van der Waals surface area contributed by atoms with E-state index in [0.717, 1.165) is 5.56 Å². The van der Waals surface area contributed by atoms with Crippen LogP contribution in [0.5, 0.6) is 0 Å². The van der Waals surface area contributed by atoms with Crippen LogP contribution in [0.4, 0.5) is 0 Å². The van der Waals surface area contributed by atoms with Gasteiger partial charge < -0.3 is 10.8 Å². The van der Waals surface area contributed by atoms with Crippen molar-refractivity contribution >= 4 is 11.7 Å². The van der Waals surface area contributed by atoms with Gasteiger partial charge in [-0.3, -0.25) is 4.40 Å². The zero-order chi connectivity index (χ0) is 10.1. The number of nitrogens with two attached hydrogens (primary N) is 1. The number of carboxylic acid groups (broad SMARTS) is 1. The summed E-state index contributed by atoms with van der Waals surface area (Å²) in [5.74, 6) is -0.704. The lowest BCUT2D eigenvalue weighted by Gasteiger charge is -1.95. The summed E-state index contributed by atoms with van der Waals surface area (Å²) in [7, 11) is 0. The van der Waals surface area contributed by atoms with Gasteiger partial charge in [0.25, 0.3) is 0 Å². The molecule has 0 unspecified atom stereocenters. The Labute approximate surface area is 79.0 Å². The van der Waals surface area contributed by atoms with Gasteiger partial charge in [0.05, 0.1) is 0 Å². The Morgan fingerprint density at radius 3 is 3.00 bits per heavy atom. The molecule has 6 nitrogen and oxygen atoms in total. The highest BCUT2D eigenvalue weighted by molar-refractivity contribution is 5.85. The highest BCUT2D eigenvalue weighted by Crippen LogP contribution is 2.04. The Balaban J connectivity index is 2.60. The van der Waals surface area contributed by atoms with Crippen molar-refractivity contribution in [2.24, 2.45) is 5.73 Å². The Morgan fingerprint density at radius 2 is 2.36 bits per heavy atom. The molecule has 0 aliphatic heterocycles. The average Bonchev–Trinajstić information content (AvgIpc) is 2.59. The van der Waals surface area contributed by atoms with Crippen molar-refractivity contribution in [1.29, 1.82) is 0 Å². The number of aromatic nitrogens is 3. The molecule has 3 N–H and O–H groups in total. The molecule has 2 rings (SSSR count). The lowest BCUT2D eigenvalue weighted by Crippen LogP contribution is -1.99. The largest absolute Gasteiger partial charge is 0.476 e. The molecule has 0 saturated heterocycles. The second-order valence-corrected chi connectivity index (χ2v) is 2.80. The fraction of sp³-hybridized carbons (Fsp3) is 0.125. The van der Waals surface area contributed by atoms with Gasteiger partial charge in [-0.2, -0.15) is 0 Å². The third kappa shape index (κ3) is 1.31. The van der Waals surface area contributed by atoms with E-state index in [0.29, 0.717) is 12.3 Å². The van der Waals surface area contributed by atoms with Crippen LogP contribution in [-0.2, 0) is 6.54 Å². The van der Waals surface area contributed by atoms with Crippen LogP contribution in [-0.4, -0.2) is 25.4 Å². The highest BCUT2D eigenvalue weighted by Gasteiger charge is 2.08. The summed E-state index contributed by atoms with van der Waals surface area (Å²) in [6, 6.07) is 0. The topological polar surface area (TPSA) is 93.5 Å². The molecule has 2 aromatic heterocycles. The summed E-state index contributed by atoms with van der Waals surface area (Å²) in [4.78, 5) is 18.4. The van der Waals surface area contributed by atoms with Crippen molar-refractivity contribution in [2.75, 3.05) is 0 Å². The Bertz CT molecular complexity index is 491. The molecule has 14 heavy (non-hydrogen) atoms. The average molecular weight is 192 g/mol. The molecule has 0 aliphatic rings. The van der Waals surface area contributed by atoms with E-state index in [4.69, 9.17) is 10.8 Å². The quantitative estimate of drug-likeness (QED) is 0.692. The maximum atomic E-state index is 10.6. The van der Waals surface area contributed by atoms with Gasteiger partial charge in [0, 0.05) is 30.7 Å². The third-order valence-electron chi connectivity index (χ3n) is 1.82. The van der Waals surface area contributed by atoms with Gasteiger partial charge >= 0.3 is 5.97 Å². The summed E-state index contributed by atoms with van der Waals surface area (Å²) >= 11 is 0. The smallest absolute Gasteiger partial charge is 0.356 e. The van der Waals surface area contributed by atoms with Crippen LogP contribution < -0.4 is 5.73 Å². The number of hydrogen-bond donors (Lipinski definition) is 2. The number of fused-ring (bicyclic) bond motifs is 1. The van der Waals surface area contributed by atoms with Crippen LogP contribution in [0.2, 0.25) is 0 Å². The van der Waals surface area contributed by atoms with Crippen molar-refractivity contribution in [1.82, 2.24) is 14.4 Å². The van der Waals surface area contributed by atoms with Crippen LogP contribution in [0.1, 0.15) is 16.1 Å². The number of rotatable bonds is 2. The molecule has 2 heterocycles. The van der Waals surface area contributed by atoms with E-state index < -0.39 is 5.97 Å². The van der Waals surface area contributed by atoms with E-state index in [1.807, 2.05) is 0 Å². The van der Waals surface area contributed by atoms with Crippen molar-refractivity contribution in [2.45, 2.75) is 6.54 Å². The molecule has 0 aliphatic carbocycles. The molecule has 0 fully saturated rings. The number of carboxylic acids is 1. The van der Waals surface area contributed by atoms with Crippen LogP contribution in [0, 0.1) is 0 Å². The summed E-state index contributed by atoms with van der Waals surface area (Å²) in [6.07, 6.45) is 4.69. The van der Waals surface area contributed by atoms with Crippen molar-refractivity contribution in [3.63, 3.8) is 0 Å². The summed E-state index contributed by atoms with van der Waals surface area (Å²) < 4.78 is 1.55. The minimum Gasteiger partial charge on any atom is -0.476 e. The molecule has 0 radical (unpaired) electrons. The van der Waals surface area contributed by atoms with Crippen LogP contribution in [0.15, 0.2) is 18.6 Å². The first-order valence-corrected chi connectivity index (χ1v) is 3.97. The molecular weight excluding hydrogens is 184 g/mol. The summed E-state index contributed by atoms with van der Waals surface area (Å²) in [5.41, 5.74) is 6.22. The fourth-order valence-electron chi connectivity index (χ4n) is 1.14. The van der Waals surface area contributed by atoms with Gasteiger partial charge in [0.1, 0.15) is 0 Å². The number of imidazole rings is 1. The van der Waals surface area contributed by atoms with E-state index in [1.54, 1.807) is 16.8 Å². The Hall–Kier alpha value is -1.95. The molecule has 2 aromatic rings. The number of carbonyl (C=O) groups is 1. The van der Waals surface area contributed by atoms with E-state index in [1.165, 1.54) is 6.20 Å². The SMILES string of the molecule is NCc1cnc2nc(C(=O)O)cn2c1.